The van der Waals surface area contributed by atoms with Gasteiger partial charge in [-0.25, -0.2) is 4.79 Å². The number of hydrogen-bond acceptors (Lipinski definition) is 5. The third-order valence-corrected chi connectivity index (χ3v) is 5.18. The molecule has 6 nitrogen and oxygen atoms in total. The first-order chi connectivity index (χ1) is 11.9. The summed E-state index contributed by atoms with van der Waals surface area (Å²) in [5.74, 6) is -0.673. The summed E-state index contributed by atoms with van der Waals surface area (Å²) < 4.78 is 4.79. The number of thiophene rings is 1. The van der Waals surface area contributed by atoms with E-state index >= 15 is 0 Å². The second-order valence-electron chi connectivity index (χ2n) is 6.78. The molecule has 0 spiro atoms. The molecule has 2 atom stereocenters. The molecule has 1 fully saturated rings. The van der Waals surface area contributed by atoms with Crippen molar-refractivity contribution in [3.8, 4) is 0 Å². The first-order valence-corrected chi connectivity index (χ1v) is 9.51. The van der Waals surface area contributed by atoms with Crippen LogP contribution in [0, 0.1) is 11.8 Å². The van der Waals surface area contributed by atoms with Crippen molar-refractivity contribution >= 4 is 29.1 Å². The number of ether oxygens (including phenoxy) is 1. The Bertz CT molecular complexity index is 600. The van der Waals surface area contributed by atoms with E-state index in [9.17, 15) is 14.4 Å². The molecule has 1 aliphatic heterocycles. The Balaban J connectivity index is 1.98. The van der Waals surface area contributed by atoms with Crippen LogP contribution in [0.5, 0.6) is 0 Å². The lowest BCUT2D eigenvalue weighted by Crippen LogP contribution is -2.49. The fourth-order valence-electron chi connectivity index (χ4n) is 3.05. The maximum absolute atomic E-state index is 12.6. The van der Waals surface area contributed by atoms with Crippen LogP contribution in [0.3, 0.4) is 0 Å². The number of carbonyl (C=O) groups excluding carboxylic acids is 3. The minimum atomic E-state index is -0.638. The number of carbonyl (C=O) groups is 3. The molecule has 1 aromatic rings. The van der Waals surface area contributed by atoms with Crippen molar-refractivity contribution < 1.29 is 19.1 Å². The Morgan fingerprint density at radius 1 is 1.40 bits per heavy atom. The molecule has 0 radical (unpaired) electrons. The zero-order valence-corrected chi connectivity index (χ0v) is 15.8. The normalized spacial score (nSPS) is 18.7. The first-order valence-electron chi connectivity index (χ1n) is 8.63. The molecule has 0 aliphatic carbocycles. The van der Waals surface area contributed by atoms with Crippen LogP contribution in [0.25, 0.3) is 0 Å². The average Bonchev–Trinajstić information content (AvgIpc) is 3.14. The minimum absolute atomic E-state index is 0.0285. The summed E-state index contributed by atoms with van der Waals surface area (Å²) in [6, 6.07) is 3.01. The van der Waals surface area contributed by atoms with E-state index in [1.807, 2.05) is 25.3 Å². The van der Waals surface area contributed by atoms with Gasteiger partial charge in [0.05, 0.1) is 17.9 Å². The maximum Gasteiger partial charge on any atom is 0.328 e. The van der Waals surface area contributed by atoms with E-state index in [0.29, 0.717) is 24.4 Å². The predicted octanol–water partition coefficient (Wildman–Crippen LogP) is 2.30. The minimum Gasteiger partial charge on any atom is -0.467 e. The Morgan fingerprint density at radius 3 is 2.76 bits per heavy atom. The summed E-state index contributed by atoms with van der Waals surface area (Å²) >= 11 is 1.41. The largest absolute Gasteiger partial charge is 0.467 e. The Morgan fingerprint density at radius 2 is 2.16 bits per heavy atom. The summed E-state index contributed by atoms with van der Waals surface area (Å²) in [5, 5.41) is 4.68. The summed E-state index contributed by atoms with van der Waals surface area (Å²) in [4.78, 5) is 39.4. The van der Waals surface area contributed by atoms with Crippen LogP contribution in [0.4, 0.5) is 0 Å². The van der Waals surface area contributed by atoms with E-state index in [1.54, 1.807) is 11.0 Å². The van der Waals surface area contributed by atoms with Gasteiger partial charge < -0.3 is 15.0 Å². The molecule has 0 saturated carbocycles. The highest BCUT2D eigenvalue weighted by Crippen LogP contribution is 2.21. The number of esters is 1. The highest BCUT2D eigenvalue weighted by Gasteiger charge is 2.32. The van der Waals surface area contributed by atoms with E-state index in [-0.39, 0.29) is 23.7 Å². The molecule has 7 heteroatoms. The number of methoxy groups -OCH3 is 1. The lowest BCUT2D eigenvalue weighted by molar-refractivity contribution is -0.146. The highest BCUT2D eigenvalue weighted by molar-refractivity contribution is 7.12. The highest BCUT2D eigenvalue weighted by atomic mass is 32.1. The molecular formula is C18H26N2O4S. The van der Waals surface area contributed by atoms with Crippen molar-refractivity contribution in [2.45, 2.75) is 39.2 Å². The van der Waals surface area contributed by atoms with Gasteiger partial charge in [0.25, 0.3) is 5.91 Å². The summed E-state index contributed by atoms with van der Waals surface area (Å²) in [7, 11) is 1.32. The van der Waals surface area contributed by atoms with Gasteiger partial charge in [0, 0.05) is 13.1 Å². The Hall–Kier alpha value is -1.89. The maximum atomic E-state index is 12.6. The van der Waals surface area contributed by atoms with Crippen LogP contribution in [0.15, 0.2) is 17.5 Å². The number of hydrogen-bond donors (Lipinski definition) is 1. The molecule has 25 heavy (non-hydrogen) atoms. The zero-order chi connectivity index (χ0) is 18.4. The van der Waals surface area contributed by atoms with Crippen LogP contribution in [-0.2, 0) is 14.3 Å². The lowest BCUT2D eigenvalue weighted by atomic mass is 9.95. The molecule has 1 N–H and O–H groups in total. The van der Waals surface area contributed by atoms with Gasteiger partial charge in [0.1, 0.15) is 6.04 Å². The first kappa shape index (κ1) is 19.4. The molecule has 0 bridgehead atoms. The average molecular weight is 366 g/mol. The van der Waals surface area contributed by atoms with Crippen molar-refractivity contribution in [2.24, 2.45) is 11.8 Å². The standard InChI is InChI=1S/C18H26N2O4S/c1-12(2)10-14(18(23)24-3)19-16(21)13-6-4-8-20(11-13)17(22)15-7-5-9-25-15/h5,7,9,12-14H,4,6,8,10-11H2,1-3H3,(H,19,21). The number of nitrogens with zero attached hydrogens (tertiary/aromatic N) is 1. The van der Waals surface area contributed by atoms with Crippen LogP contribution in [0.1, 0.15) is 42.8 Å². The number of nitrogens with one attached hydrogen (secondary N) is 1. The van der Waals surface area contributed by atoms with Crippen molar-refractivity contribution in [3.63, 3.8) is 0 Å². The zero-order valence-electron chi connectivity index (χ0n) is 15.0. The van der Waals surface area contributed by atoms with Crippen LogP contribution in [0.2, 0.25) is 0 Å². The van der Waals surface area contributed by atoms with Crippen molar-refractivity contribution in [3.05, 3.63) is 22.4 Å². The van der Waals surface area contributed by atoms with E-state index in [4.69, 9.17) is 4.74 Å². The van der Waals surface area contributed by atoms with Gasteiger partial charge in [-0.05, 0) is 36.6 Å². The second kappa shape index (κ2) is 8.99. The van der Waals surface area contributed by atoms with Gasteiger partial charge in [-0.3, -0.25) is 9.59 Å². The topological polar surface area (TPSA) is 75.7 Å². The van der Waals surface area contributed by atoms with Crippen LogP contribution >= 0.6 is 11.3 Å². The molecule has 2 unspecified atom stereocenters. The monoisotopic (exact) mass is 366 g/mol. The lowest BCUT2D eigenvalue weighted by Gasteiger charge is -2.32. The third-order valence-electron chi connectivity index (χ3n) is 4.32. The van der Waals surface area contributed by atoms with Crippen molar-refractivity contribution in [1.29, 1.82) is 0 Å². The molecule has 1 saturated heterocycles. The molecule has 2 heterocycles. The van der Waals surface area contributed by atoms with E-state index < -0.39 is 12.0 Å². The molecule has 2 amide bonds. The van der Waals surface area contributed by atoms with Crippen molar-refractivity contribution in [1.82, 2.24) is 10.2 Å². The molecule has 0 aromatic carbocycles. The number of piperidine rings is 1. The van der Waals surface area contributed by atoms with Crippen LogP contribution in [-0.4, -0.2) is 48.9 Å². The van der Waals surface area contributed by atoms with Gasteiger partial charge in [-0.1, -0.05) is 19.9 Å². The molecule has 1 aliphatic rings. The fraction of sp³-hybridized carbons (Fsp3) is 0.611. The predicted molar refractivity (Wildman–Crippen MR) is 96.3 cm³/mol. The van der Waals surface area contributed by atoms with Gasteiger partial charge in [-0.15, -0.1) is 11.3 Å². The van der Waals surface area contributed by atoms with Gasteiger partial charge in [-0.2, -0.15) is 0 Å². The quantitative estimate of drug-likeness (QED) is 0.784. The smallest absolute Gasteiger partial charge is 0.328 e. The van der Waals surface area contributed by atoms with E-state index in [0.717, 1.165) is 12.8 Å². The second-order valence-corrected chi connectivity index (χ2v) is 7.73. The molecule has 138 valence electrons. The summed E-state index contributed by atoms with van der Waals surface area (Å²) in [6.45, 7) is 5.03. The van der Waals surface area contributed by atoms with Crippen molar-refractivity contribution in [2.75, 3.05) is 20.2 Å². The molecule has 1 aromatic heterocycles. The van der Waals surface area contributed by atoms with E-state index in [2.05, 4.69) is 5.32 Å². The fourth-order valence-corrected chi connectivity index (χ4v) is 3.74. The third kappa shape index (κ3) is 5.29. The van der Waals surface area contributed by atoms with Gasteiger partial charge in [0.2, 0.25) is 5.91 Å². The molecule has 2 rings (SSSR count). The molecular weight excluding hydrogens is 340 g/mol. The summed E-state index contributed by atoms with van der Waals surface area (Å²) in [6.07, 6.45) is 2.03. The van der Waals surface area contributed by atoms with Crippen LogP contribution < -0.4 is 5.32 Å². The Labute approximate surface area is 152 Å². The van der Waals surface area contributed by atoms with Gasteiger partial charge in [0.15, 0.2) is 0 Å². The van der Waals surface area contributed by atoms with E-state index in [1.165, 1.54) is 18.4 Å². The number of amides is 2. The number of likely N-dealkylation sites (tertiary alicyclic amines) is 1. The summed E-state index contributed by atoms with van der Waals surface area (Å²) in [5.41, 5.74) is 0. The van der Waals surface area contributed by atoms with Gasteiger partial charge >= 0.3 is 5.97 Å². The number of rotatable bonds is 6. The Kier molecular flexibility index (Phi) is 6.99. The SMILES string of the molecule is COC(=O)C(CC(C)C)NC(=O)C1CCCN(C(=O)c2cccs2)C1.